The molecule has 10 nitrogen and oxygen atoms in total. The van der Waals surface area contributed by atoms with Crippen LogP contribution in [0.2, 0.25) is 0 Å². The molecule has 32 heavy (non-hydrogen) atoms. The van der Waals surface area contributed by atoms with E-state index in [1.807, 2.05) is 51.4 Å². The number of ether oxygens (including phenoxy) is 2. The van der Waals surface area contributed by atoms with E-state index in [4.69, 9.17) is 9.47 Å². The summed E-state index contributed by atoms with van der Waals surface area (Å²) < 4.78 is 15.1. The SMILES string of the molecule is Cc1cc(Nc2cc3cc(-c4c(OC[C@H]5OCC[C@@H]5O)cnn4C)ccn3n2)nc(C)n1. The number of pyridine rings is 1. The number of hydrogen-bond donors (Lipinski definition) is 2. The van der Waals surface area contributed by atoms with Crippen molar-refractivity contribution >= 4 is 17.2 Å². The van der Waals surface area contributed by atoms with Gasteiger partial charge in [-0.2, -0.15) is 10.2 Å². The van der Waals surface area contributed by atoms with Crippen molar-refractivity contribution in [2.75, 3.05) is 18.5 Å². The Kier molecular flexibility index (Phi) is 5.24. The molecule has 0 amide bonds. The van der Waals surface area contributed by atoms with Gasteiger partial charge in [0.1, 0.15) is 30.0 Å². The Balaban J connectivity index is 1.40. The van der Waals surface area contributed by atoms with Crippen LogP contribution in [0.25, 0.3) is 16.8 Å². The summed E-state index contributed by atoms with van der Waals surface area (Å²) in [6.45, 7) is 4.63. The summed E-state index contributed by atoms with van der Waals surface area (Å²) >= 11 is 0. The second-order valence-corrected chi connectivity index (χ2v) is 7.94. The molecular formula is C22H25N7O3. The first-order valence-electron chi connectivity index (χ1n) is 10.5. The summed E-state index contributed by atoms with van der Waals surface area (Å²) in [6.07, 6.45) is 3.41. The van der Waals surface area contributed by atoms with Crippen molar-refractivity contribution in [2.24, 2.45) is 7.05 Å². The van der Waals surface area contributed by atoms with E-state index in [0.717, 1.165) is 22.5 Å². The van der Waals surface area contributed by atoms with Gasteiger partial charge in [0, 0.05) is 43.2 Å². The molecule has 1 saturated heterocycles. The molecule has 10 heteroatoms. The average Bonchev–Trinajstić information content (AvgIpc) is 3.43. The molecule has 0 spiro atoms. The maximum atomic E-state index is 9.97. The second-order valence-electron chi connectivity index (χ2n) is 7.94. The quantitative estimate of drug-likeness (QED) is 0.475. The molecule has 2 N–H and O–H groups in total. The zero-order valence-corrected chi connectivity index (χ0v) is 18.2. The first-order valence-corrected chi connectivity index (χ1v) is 10.5. The van der Waals surface area contributed by atoms with E-state index in [-0.39, 0.29) is 12.7 Å². The fourth-order valence-electron chi connectivity index (χ4n) is 3.94. The highest BCUT2D eigenvalue weighted by molar-refractivity contribution is 5.72. The van der Waals surface area contributed by atoms with Crippen LogP contribution >= 0.6 is 0 Å². The monoisotopic (exact) mass is 435 g/mol. The van der Waals surface area contributed by atoms with Crippen LogP contribution in [0, 0.1) is 13.8 Å². The Labute approximate surface area is 184 Å². The third-order valence-electron chi connectivity index (χ3n) is 5.44. The van der Waals surface area contributed by atoms with Crippen molar-refractivity contribution in [3.8, 4) is 17.0 Å². The lowest BCUT2D eigenvalue weighted by Gasteiger charge is -2.15. The Morgan fingerprint density at radius 3 is 2.88 bits per heavy atom. The molecule has 0 saturated carbocycles. The molecule has 0 bridgehead atoms. The molecule has 1 aliphatic heterocycles. The van der Waals surface area contributed by atoms with E-state index in [0.29, 0.717) is 36.2 Å². The van der Waals surface area contributed by atoms with E-state index < -0.39 is 6.10 Å². The summed E-state index contributed by atoms with van der Waals surface area (Å²) in [4.78, 5) is 8.71. The van der Waals surface area contributed by atoms with Gasteiger partial charge in [-0.15, -0.1) is 0 Å². The molecule has 4 aromatic rings. The minimum atomic E-state index is -0.494. The standard InChI is InChI=1S/C22H25N7O3/c1-13-8-20(25-14(2)24-13)26-21-10-16-9-15(4-6-29(16)27-21)22-18(11-23-28(22)3)32-12-19-17(30)5-7-31-19/h4,6,8-11,17,19,30H,5,7,12H2,1-3H3,(H,24,25,26,27)/t17-,19+/m0/s1. The van der Waals surface area contributed by atoms with Crippen molar-refractivity contribution in [1.29, 1.82) is 0 Å². The summed E-state index contributed by atoms with van der Waals surface area (Å²) in [5.41, 5.74) is 3.60. The van der Waals surface area contributed by atoms with E-state index in [1.54, 1.807) is 15.4 Å². The first kappa shape index (κ1) is 20.4. The van der Waals surface area contributed by atoms with Crippen molar-refractivity contribution in [3.63, 3.8) is 0 Å². The van der Waals surface area contributed by atoms with Crippen LogP contribution < -0.4 is 10.1 Å². The number of fused-ring (bicyclic) bond motifs is 1. The smallest absolute Gasteiger partial charge is 0.165 e. The number of aryl methyl sites for hydroxylation is 3. The zero-order valence-electron chi connectivity index (χ0n) is 18.2. The highest BCUT2D eigenvalue weighted by Crippen LogP contribution is 2.31. The highest BCUT2D eigenvalue weighted by Gasteiger charge is 2.27. The van der Waals surface area contributed by atoms with Gasteiger partial charge < -0.3 is 19.9 Å². The Hall–Kier alpha value is -3.50. The summed E-state index contributed by atoms with van der Waals surface area (Å²) in [5.74, 6) is 2.74. The molecule has 2 atom stereocenters. The van der Waals surface area contributed by atoms with E-state index in [2.05, 4.69) is 25.5 Å². The lowest BCUT2D eigenvalue weighted by atomic mass is 10.1. The van der Waals surface area contributed by atoms with E-state index in [9.17, 15) is 5.11 Å². The zero-order chi connectivity index (χ0) is 22.2. The van der Waals surface area contributed by atoms with Gasteiger partial charge in [-0.25, -0.2) is 14.5 Å². The third-order valence-corrected chi connectivity index (χ3v) is 5.44. The fraction of sp³-hybridized carbons (Fsp3) is 0.364. The van der Waals surface area contributed by atoms with Crippen molar-refractivity contribution in [3.05, 3.63) is 48.2 Å². The van der Waals surface area contributed by atoms with Gasteiger partial charge in [-0.1, -0.05) is 0 Å². The fourth-order valence-corrected chi connectivity index (χ4v) is 3.94. The molecule has 0 radical (unpaired) electrons. The molecule has 1 aliphatic rings. The second kappa shape index (κ2) is 8.21. The molecule has 1 fully saturated rings. The van der Waals surface area contributed by atoms with Gasteiger partial charge >= 0.3 is 0 Å². The number of hydrogen-bond acceptors (Lipinski definition) is 8. The van der Waals surface area contributed by atoms with Crippen molar-refractivity contribution in [2.45, 2.75) is 32.5 Å². The lowest BCUT2D eigenvalue weighted by Crippen LogP contribution is -2.27. The van der Waals surface area contributed by atoms with Crippen LogP contribution in [-0.2, 0) is 11.8 Å². The van der Waals surface area contributed by atoms with Crippen molar-refractivity contribution in [1.82, 2.24) is 29.4 Å². The number of nitrogens with zero attached hydrogens (tertiary/aromatic N) is 6. The highest BCUT2D eigenvalue weighted by atomic mass is 16.5. The van der Waals surface area contributed by atoms with Crippen LogP contribution in [-0.4, -0.2) is 59.9 Å². The van der Waals surface area contributed by atoms with Gasteiger partial charge in [0.2, 0.25) is 0 Å². The number of aliphatic hydroxyl groups is 1. The van der Waals surface area contributed by atoms with Gasteiger partial charge in [0.25, 0.3) is 0 Å². The lowest BCUT2D eigenvalue weighted by molar-refractivity contribution is 0.0111. The van der Waals surface area contributed by atoms with Crippen LogP contribution in [0.15, 0.2) is 36.7 Å². The number of nitrogens with one attached hydrogen (secondary N) is 1. The number of aromatic nitrogens is 6. The van der Waals surface area contributed by atoms with E-state index in [1.165, 1.54) is 0 Å². The largest absolute Gasteiger partial charge is 0.487 e. The molecular weight excluding hydrogens is 410 g/mol. The minimum absolute atomic E-state index is 0.278. The van der Waals surface area contributed by atoms with Crippen LogP contribution in [0.5, 0.6) is 5.75 Å². The Morgan fingerprint density at radius 1 is 1.22 bits per heavy atom. The number of rotatable bonds is 6. The average molecular weight is 435 g/mol. The van der Waals surface area contributed by atoms with Gasteiger partial charge in [0.05, 0.1) is 17.8 Å². The molecule has 5 heterocycles. The van der Waals surface area contributed by atoms with Crippen molar-refractivity contribution < 1.29 is 14.6 Å². The normalized spacial score (nSPS) is 18.4. The topological polar surface area (TPSA) is 112 Å². The third kappa shape index (κ3) is 4.02. The van der Waals surface area contributed by atoms with Gasteiger partial charge in [-0.3, -0.25) is 4.68 Å². The molecule has 5 rings (SSSR count). The molecule has 0 unspecified atom stereocenters. The molecule has 166 valence electrons. The molecule has 4 aromatic heterocycles. The van der Waals surface area contributed by atoms with E-state index >= 15 is 0 Å². The van der Waals surface area contributed by atoms with Crippen LogP contribution in [0.1, 0.15) is 17.9 Å². The predicted molar refractivity (Wildman–Crippen MR) is 118 cm³/mol. The maximum Gasteiger partial charge on any atom is 0.165 e. The summed E-state index contributed by atoms with van der Waals surface area (Å²) in [6, 6.07) is 7.83. The maximum absolute atomic E-state index is 9.97. The minimum Gasteiger partial charge on any atom is -0.487 e. The van der Waals surface area contributed by atoms with Crippen LogP contribution in [0.4, 0.5) is 11.6 Å². The molecule has 0 aromatic carbocycles. The number of anilines is 2. The molecule has 0 aliphatic carbocycles. The Morgan fingerprint density at radius 2 is 2.09 bits per heavy atom. The summed E-state index contributed by atoms with van der Waals surface area (Å²) in [5, 5.41) is 22.1. The predicted octanol–water partition coefficient (Wildman–Crippen LogP) is 2.41. The number of aliphatic hydroxyl groups excluding tert-OH is 1. The van der Waals surface area contributed by atoms with Gasteiger partial charge in [0.15, 0.2) is 11.6 Å². The first-order chi connectivity index (χ1) is 15.5. The Bertz CT molecular complexity index is 1250. The summed E-state index contributed by atoms with van der Waals surface area (Å²) in [7, 11) is 1.87. The van der Waals surface area contributed by atoms with Gasteiger partial charge in [-0.05, 0) is 32.4 Å². The van der Waals surface area contributed by atoms with Crippen LogP contribution in [0.3, 0.4) is 0 Å².